The molecule has 0 saturated heterocycles. The molecule has 0 bridgehead atoms. The van der Waals surface area contributed by atoms with Crippen LogP contribution in [0.2, 0.25) is 0 Å². The molecule has 0 amide bonds. The third kappa shape index (κ3) is 4.49. The highest BCUT2D eigenvalue weighted by atomic mass is 15.3. The molecule has 1 aromatic heterocycles. The Bertz CT molecular complexity index is 3130. The van der Waals surface area contributed by atoms with Gasteiger partial charge in [-0.2, -0.15) is 0 Å². The maximum Gasteiger partial charge on any atom is 0.252 e. The minimum atomic E-state index is -0.160. The molecule has 4 aliphatic heterocycles. The molecule has 0 N–H and O–H groups in total. The first-order chi connectivity index (χ1) is 30.1. The number of fused-ring (bicyclic) bond motifs is 13. The van der Waals surface area contributed by atoms with Gasteiger partial charge in [-0.3, -0.25) is 0 Å². The number of anilines is 4. The molecule has 3 nitrogen and oxygen atoms in total. The molecular weight excluding hydrogens is 761 g/mol. The van der Waals surface area contributed by atoms with Crippen molar-refractivity contribution < 1.29 is 0 Å². The van der Waals surface area contributed by atoms with E-state index in [1.165, 1.54) is 127 Å². The Labute approximate surface area is 375 Å². The Morgan fingerprint density at radius 2 is 1.19 bits per heavy atom. The van der Waals surface area contributed by atoms with Crippen LogP contribution in [-0.2, 0) is 21.7 Å². The molecule has 6 aliphatic rings. The highest BCUT2D eigenvalue weighted by molar-refractivity contribution is 7.00. The number of rotatable bonds is 2. The van der Waals surface area contributed by atoms with E-state index in [1.807, 2.05) is 0 Å². The molecule has 4 unspecified atom stereocenters. The van der Waals surface area contributed by atoms with Crippen LogP contribution >= 0.6 is 0 Å². The average Bonchev–Trinajstić information content (AvgIpc) is 3.81. The van der Waals surface area contributed by atoms with Crippen LogP contribution in [0.4, 0.5) is 22.7 Å². The number of benzene rings is 6. The molecule has 7 aromatic rings. The van der Waals surface area contributed by atoms with Gasteiger partial charge >= 0.3 is 0 Å². The van der Waals surface area contributed by atoms with Crippen molar-refractivity contribution in [3.63, 3.8) is 0 Å². The van der Waals surface area contributed by atoms with E-state index in [0.29, 0.717) is 0 Å². The second kappa shape index (κ2) is 12.1. The van der Waals surface area contributed by atoms with E-state index in [4.69, 9.17) is 0 Å². The van der Waals surface area contributed by atoms with Crippen molar-refractivity contribution in [1.82, 2.24) is 4.57 Å². The van der Waals surface area contributed by atoms with E-state index in [0.717, 1.165) is 12.8 Å². The predicted octanol–water partition coefficient (Wildman–Crippen LogP) is 13.0. The van der Waals surface area contributed by atoms with Crippen molar-refractivity contribution in [3.8, 4) is 5.69 Å². The van der Waals surface area contributed by atoms with E-state index in [-0.39, 0.29) is 39.5 Å². The van der Waals surface area contributed by atoms with E-state index in [1.54, 1.807) is 5.56 Å². The minimum absolute atomic E-state index is 0.00716. The van der Waals surface area contributed by atoms with Crippen LogP contribution in [0.3, 0.4) is 0 Å². The zero-order chi connectivity index (χ0) is 43.2. The first-order valence-corrected chi connectivity index (χ1v) is 24.3. The summed E-state index contributed by atoms with van der Waals surface area (Å²) in [5.41, 5.74) is 21.3. The van der Waals surface area contributed by atoms with Crippen molar-refractivity contribution in [1.29, 1.82) is 0 Å². The number of aromatic nitrogens is 1. The van der Waals surface area contributed by atoms with Gasteiger partial charge in [0.05, 0.1) is 16.6 Å². The highest BCUT2D eigenvalue weighted by Crippen LogP contribution is 2.65. The predicted molar refractivity (Wildman–Crippen MR) is 268 cm³/mol. The van der Waals surface area contributed by atoms with Crippen LogP contribution < -0.4 is 26.2 Å². The number of para-hydroxylation sites is 2. The first-order valence-electron chi connectivity index (χ1n) is 24.3. The van der Waals surface area contributed by atoms with Crippen LogP contribution in [0, 0.1) is 0 Å². The lowest BCUT2D eigenvalue weighted by Gasteiger charge is -2.54. The molecule has 316 valence electrons. The number of nitrogens with zero attached hydrogens (tertiary/aromatic N) is 3. The summed E-state index contributed by atoms with van der Waals surface area (Å²) in [5, 5.41) is 2.77. The standard InChI is InChI=1S/C59H62BN3/c1-54(2,3)38-26-27-47-41(32-38)42-33-39(55(4,5)6)34-46-52(42)61(47)49-35-40(62-48-25-14-13-22-43(48)59(37-20-11-10-12-21-37)31-18-17-30-58(59,62)9)36-50-51(49)60(46)45-24-19-23-44-53(45)63(50)57(8)29-16-15-28-56(44,57)7/h10-14,19-27,32-36H,15-18,28-31H2,1-9H3. The van der Waals surface area contributed by atoms with Gasteiger partial charge < -0.3 is 14.4 Å². The third-order valence-corrected chi connectivity index (χ3v) is 18.3. The Balaban J connectivity index is 1.19. The summed E-state index contributed by atoms with van der Waals surface area (Å²) in [6, 6.07) is 46.5. The van der Waals surface area contributed by atoms with Crippen molar-refractivity contribution in [2.45, 2.75) is 146 Å². The SMILES string of the molecule is CC(C)(C)c1ccc2c(c1)c1cc(C(C)(C)C)cc3c1n2-c1cc(N2c4ccccc4C4(c5ccccc5)CCCCC24C)cc2c1B3c1cccc3c1N2C1(C)CCCCC31C. The third-order valence-electron chi connectivity index (χ3n) is 18.3. The zero-order valence-electron chi connectivity index (χ0n) is 39.0. The van der Waals surface area contributed by atoms with Gasteiger partial charge in [0.15, 0.2) is 0 Å². The summed E-state index contributed by atoms with van der Waals surface area (Å²) in [6.45, 7) is 22.3. The second-order valence-electron chi connectivity index (χ2n) is 23.4. The Morgan fingerprint density at radius 1 is 0.524 bits per heavy atom. The lowest BCUT2D eigenvalue weighted by Crippen LogP contribution is -2.64. The van der Waals surface area contributed by atoms with E-state index < -0.39 is 0 Å². The van der Waals surface area contributed by atoms with Gasteiger partial charge in [0.1, 0.15) is 0 Å². The number of hydrogen-bond acceptors (Lipinski definition) is 2. The second-order valence-corrected chi connectivity index (χ2v) is 23.4. The monoisotopic (exact) mass is 824 g/mol. The fourth-order valence-electron chi connectivity index (χ4n) is 15.0. The van der Waals surface area contributed by atoms with Gasteiger partial charge in [-0.15, -0.1) is 0 Å². The first kappa shape index (κ1) is 38.3. The van der Waals surface area contributed by atoms with Gasteiger partial charge in [-0.05, 0) is 131 Å². The Morgan fingerprint density at radius 3 is 1.97 bits per heavy atom. The van der Waals surface area contributed by atoms with E-state index >= 15 is 0 Å². The maximum atomic E-state index is 2.94. The summed E-state index contributed by atoms with van der Waals surface area (Å²) in [5.74, 6) is 0. The molecular formula is C59H62BN3. The van der Waals surface area contributed by atoms with Crippen molar-refractivity contribution in [2.75, 3.05) is 9.80 Å². The minimum Gasteiger partial charge on any atom is -0.335 e. The summed E-state index contributed by atoms with van der Waals surface area (Å²) < 4.78 is 2.74. The van der Waals surface area contributed by atoms with Crippen molar-refractivity contribution in [3.05, 3.63) is 143 Å². The van der Waals surface area contributed by atoms with Gasteiger partial charge in [0.2, 0.25) is 0 Å². The summed E-state index contributed by atoms with van der Waals surface area (Å²) in [6.07, 6.45) is 9.75. The lowest BCUT2D eigenvalue weighted by molar-refractivity contribution is 0.195. The Kier molecular flexibility index (Phi) is 7.36. The molecule has 4 heteroatoms. The molecule has 4 atom stereocenters. The van der Waals surface area contributed by atoms with E-state index in [2.05, 4.69) is 192 Å². The highest BCUT2D eigenvalue weighted by Gasteiger charge is 2.63. The lowest BCUT2D eigenvalue weighted by atomic mass is 9.33. The van der Waals surface area contributed by atoms with Crippen LogP contribution in [0.25, 0.3) is 27.5 Å². The molecule has 63 heavy (non-hydrogen) atoms. The fraction of sp³-hybridized carbons (Fsp3) is 0.390. The smallest absolute Gasteiger partial charge is 0.252 e. The molecule has 0 spiro atoms. The van der Waals surface area contributed by atoms with Crippen LogP contribution in [0.1, 0.15) is 141 Å². The van der Waals surface area contributed by atoms with E-state index in [9.17, 15) is 0 Å². The Hall–Kier alpha value is -5.22. The fourth-order valence-corrected chi connectivity index (χ4v) is 15.0. The summed E-state index contributed by atoms with van der Waals surface area (Å²) in [7, 11) is 0. The van der Waals surface area contributed by atoms with Crippen molar-refractivity contribution >= 4 is 67.7 Å². The van der Waals surface area contributed by atoms with Crippen LogP contribution in [0.15, 0.2) is 115 Å². The maximum absolute atomic E-state index is 2.94. The number of hydrogen-bond donors (Lipinski definition) is 0. The van der Waals surface area contributed by atoms with Crippen LogP contribution in [-0.4, -0.2) is 22.4 Å². The summed E-state index contributed by atoms with van der Waals surface area (Å²) in [4.78, 5) is 5.80. The molecule has 2 aliphatic carbocycles. The molecule has 2 fully saturated rings. The summed E-state index contributed by atoms with van der Waals surface area (Å²) >= 11 is 0. The average molecular weight is 824 g/mol. The van der Waals surface area contributed by atoms with Gasteiger partial charge in [-0.1, -0.05) is 153 Å². The topological polar surface area (TPSA) is 11.4 Å². The molecule has 2 saturated carbocycles. The van der Waals surface area contributed by atoms with Gasteiger partial charge in [0.25, 0.3) is 6.71 Å². The largest absolute Gasteiger partial charge is 0.335 e. The normalized spacial score (nSPS) is 26.5. The van der Waals surface area contributed by atoms with Gasteiger partial charge in [0, 0.05) is 55.6 Å². The molecule has 6 aromatic carbocycles. The molecule has 5 heterocycles. The van der Waals surface area contributed by atoms with Crippen molar-refractivity contribution in [2.24, 2.45) is 0 Å². The van der Waals surface area contributed by atoms with Gasteiger partial charge in [-0.25, -0.2) is 0 Å². The zero-order valence-corrected chi connectivity index (χ0v) is 39.0. The molecule has 13 rings (SSSR count). The van der Waals surface area contributed by atoms with Crippen LogP contribution in [0.5, 0.6) is 0 Å². The quantitative estimate of drug-likeness (QED) is 0.161. The molecule has 0 radical (unpaired) electrons.